The lowest BCUT2D eigenvalue weighted by atomic mass is 10.00. The lowest BCUT2D eigenvalue weighted by Gasteiger charge is -2.12. The van der Waals surface area contributed by atoms with E-state index in [9.17, 15) is 4.79 Å². The largest absolute Gasteiger partial charge is 0.382 e. The average molecular weight is 349 g/mol. The Morgan fingerprint density at radius 2 is 1.92 bits per heavy atom. The fourth-order valence-electron chi connectivity index (χ4n) is 2.86. The molecule has 3 rings (SSSR count). The van der Waals surface area contributed by atoms with Gasteiger partial charge in [0.1, 0.15) is 5.69 Å². The molecule has 5 heteroatoms. The summed E-state index contributed by atoms with van der Waals surface area (Å²) in [7, 11) is 0. The fourth-order valence-corrected chi connectivity index (χ4v) is 2.86. The van der Waals surface area contributed by atoms with Crippen molar-refractivity contribution in [3.63, 3.8) is 0 Å². The number of carbonyl (C=O) groups is 1. The summed E-state index contributed by atoms with van der Waals surface area (Å²) in [5.41, 5.74) is 3.85. The van der Waals surface area contributed by atoms with Crippen LogP contribution in [0.3, 0.4) is 0 Å². The molecule has 1 aromatic heterocycles. The maximum Gasteiger partial charge on any atom is 0.254 e. The van der Waals surface area contributed by atoms with Crippen molar-refractivity contribution >= 4 is 16.8 Å². The minimum atomic E-state index is -0.133. The van der Waals surface area contributed by atoms with E-state index in [0.717, 1.165) is 28.5 Å². The lowest BCUT2D eigenvalue weighted by molar-refractivity contribution is 0.0946. The van der Waals surface area contributed by atoms with Gasteiger partial charge in [-0.15, -0.1) is 10.2 Å². The summed E-state index contributed by atoms with van der Waals surface area (Å²) in [5.74, 6) is -0.133. The molecule has 0 aliphatic heterocycles. The van der Waals surface area contributed by atoms with Crippen LogP contribution in [0.4, 0.5) is 0 Å². The maximum atomic E-state index is 13.0. The summed E-state index contributed by atoms with van der Waals surface area (Å²) in [5, 5.41) is 12.5. The molecular weight excluding hydrogens is 326 g/mol. The van der Waals surface area contributed by atoms with Gasteiger partial charge in [-0.1, -0.05) is 42.0 Å². The molecule has 26 heavy (non-hydrogen) atoms. The number of hydrogen-bond acceptors (Lipinski definition) is 4. The molecule has 0 unspecified atom stereocenters. The van der Waals surface area contributed by atoms with Gasteiger partial charge in [-0.3, -0.25) is 4.79 Å². The van der Waals surface area contributed by atoms with Crippen LogP contribution < -0.4 is 5.32 Å². The number of aromatic nitrogens is 2. The summed E-state index contributed by atoms with van der Waals surface area (Å²) < 4.78 is 5.33. The van der Waals surface area contributed by atoms with Crippen molar-refractivity contribution in [2.75, 3.05) is 19.8 Å². The Hall–Kier alpha value is -2.79. The summed E-state index contributed by atoms with van der Waals surface area (Å²) in [4.78, 5) is 13.0. The summed E-state index contributed by atoms with van der Waals surface area (Å²) >= 11 is 0. The summed E-state index contributed by atoms with van der Waals surface area (Å²) in [6.45, 7) is 5.84. The topological polar surface area (TPSA) is 64.1 Å². The van der Waals surface area contributed by atoms with Gasteiger partial charge < -0.3 is 10.1 Å². The molecule has 1 N–H and O–H groups in total. The molecule has 5 nitrogen and oxygen atoms in total. The number of rotatable bonds is 7. The van der Waals surface area contributed by atoms with E-state index in [4.69, 9.17) is 4.74 Å². The van der Waals surface area contributed by atoms with Crippen molar-refractivity contribution in [2.45, 2.75) is 20.3 Å². The number of benzene rings is 2. The van der Waals surface area contributed by atoms with Gasteiger partial charge >= 0.3 is 0 Å². The van der Waals surface area contributed by atoms with Gasteiger partial charge in [0.2, 0.25) is 0 Å². The van der Waals surface area contributed by atoms with Crippen molar-refractivity contribution < 1.29 is 9.53 Å². The van der Waals surface area contributed by atoms with Crippen molar-refractivity contribution in [1.29, 1.82) is 0 Å². The standard InChI is InChI=1S/C21H23N3O2/c1-3-26-13-7-12-22-21(25)19-17-14-15(2)10-11-18(17)23-24-20(19)16-8-5-4-6-9-16/h4-6,8-11,14H,3,7,12-13H2,1-2H3,(H,22,25). The third kappa shape index (κ3) is 4.06. The predicted molar refractivity (Wildman–Crippen MR) is 103 cm³/mol. The molecule has 0 aliphatic rings. The Morgan fingerprint density at radius 1 is 1.12 bits per heavy atom. The number of nitrogens with zero attached hydrogens (tertiary/aromatic N) is 2. The monoisotopic (exact) mass is 349 g/mol. The van der Waals surface area contributed by atoms with Crippen LogP contribution in [0, 0.1) is 6.92 Å². The van der Waals surface area contributed by atoms with Gasteiger partial charge in [0.15, 0.2) is 0 Å². The lowest BCUT2D eigenvalue weighted by Crippen LogP contribution is -2.26. The van der Waals surface area contributed by atoms with Crippen LogP contribution in [0.1, 0.15) is 29.3 Å². The van der Waals surface area contributed by atoms with E-state index in [-0.39, 0.29) is 5.91 Å². The first-order chi connectivity index (χ1) is 12.7. The van der Waals surface area contributed by atoms with Gasteiger partial charge in [-0.25, -0.2) is 0 Å². The molecule has 0 radical (unpaired) electrons. The molecule has 0 saturated heterocycles. The van der Waals surface area contributed by atoms with Gasteiger partial charge in [0, 0.05) is 30.7 Å². The van der Waals surface area contributed by atoms with Crippen LogP contribution in [0.2, 0.25) is 0 Å². The van der Waals surface area contributed by atoms with Crippen LogP contribution in [0.5, 0.6) is 0 Å². The smallest absolute Gasteiger partial charge is 0.254 e. The number of hydrogen-bond donors (Lipinski definition) is 1. The summed E-state index contributed by atoms with van der Waals surface area (Å²) in [6, 6.07) is 15.6. The first kappa shape index (κ1) is 18.0. The van der Waals surface area contributed by atoms with Crippen LogP contribution in [0.15, 0.2) is 48.5 Å². The van der Waals surface area contributed by atoms with Crippen molar-refractivity contribution in [3.05, 3.63) is 59.7 Å². The molecule has 134 valence electrons. The zero-order valence-electron chi connectivity index (χ0n) is 15.2. The number of carbonyl (C=O) groups excluding carboxylic acids is 1. The minimum Gasteiger partial charge on any atom is -0.382 e. The van der Waals surface area contributed by atoms with E-state index in [1.54, 1.807) is 0 Å². The van der Waals surface area contributed by atoms with Gasteiger partial charge in [0.25, 0.3) is 5.91 Å². The summed E-state index contributed by atoms with van der Waals surface area (Å²) in [6.07, 6.45) is 0.774. The molecule has 0 atom stereocenters. The second-order valence-electron chi connectivity index (χ2n) is 6.12. The Bertz CT molecular complexity index is 894. The molecule has 1 amide bonds. The van der Waals surface area contributed by atoms with Gasteiger partial charge in [-0.05, 0) is 32.4 Å². The van der Waals surface area contributed by atoms with Crippen molar-refractivity contribution in [1.82, 2.24) is 15.5 Å². The van der Waals surface area contributed by atoms with E-state index in [0.29, 0.717) is 31.0 Å². The highest BCUT2D eigenvalue weighted by molar-refractivity contribution is 6.10. The number of aryl methyl sites for hydroxylation is 1. The van der Waals surface area contributed by atoms with Gasteiger partial charge in [-0.2, -0.15) is 0 Å². The normalized spacial score (nSPS) is 10.8. The SMILES string of the molecule is CCOCCCNC(=O)c1c(-c2ccccc2)nnc2ccc(C)cc12. The molecule has 0 bridgehead atoms. The molecule has 0 saturated carbocycles. The molecule has 1 heterocycles. The average Bonchev–Trinajstić information content (AvgIpc) is 2.67. The Labute approximate surface area is 153 Å². The minimum absolute atomic E-state index is 0.133. The van der Waals surface area contributed by atoms with Crippen molar-refractivity contribution in [2.24, 2.45) is 0 Å². The molecule has 0 spiro atoms. The number of fused-ring (bicyclic) bond motifs is 1. The highest BCUT2D eigenvalue weighted by Crippen LogP contribution is 2.27. The quantitative estimate of drug-likeness (QED) is 0.660. The highest BCUT2D eigenvalue weighted by Gasteiger charge is 2.19. The number of amides is 1. The second-order valence-corrected chi connectivity index (χ2v) is 6.12. The molecular formula is C21H23N3O2. The van der Waals surface area contributed by atoms with Crippen LogP contribution in [0.25, 0.3) is 22.2 Å². The molecule has 0 fully saturated rings. The van der Waals surface area contributed by atoms with Crippen molar-refractivity contribution in [3.8, 4) is 11.3 Å². The van der Waals surface area contributed by atoms with E-state index in [2.05, 4.69) is 15.5 Å². The second kappa shape index (κ2) is 8.54. The Morgan fingerprint density at radius 3 is 2.69 bits per heavy atom. The number of nitrogens with one attached hydrogen (secondary N) is 1. The van der Waals surface area contributed by atoms with E-state index in [1.807, 2.05) is 62.4 Å². The number of ether oxygens (including phenoxy) is 1. The third-order valence-electron chi connectivity index (χ3n) is 4.15. The molecule has 3 aromatic rings. The molecule has 2 aromatic carbocycles. The van der Waals surface area contributed by atoms with E-state index < -0.39 is 0 Å². The highest BCUT2D eigenvalue weighted by atomic mass is 16.5. The van der Waals surface area contributed by atoms with Gasteiger partial charge in [0.05, 0.1) is 11.1 Å². The van der Waals surface area contributed by atoms with E-state index >= 15 is 0 Å². The Kier molecular flexibility index (Phi) is 5.92. The third-order valence-corrected chi connectivity index (χ3v) is 4.15. The maximum absolute atomic E-state index is 13.0. The zero-order chi connectivity index (χ0) is 18.4. The van der Waals surface area contributed by atoms with Crippen LogP contribution in [-0.4, -0.2) is 35.9 Å². The Balaban J connectivity index is 1.99. The predicted octanol–water partition coefficient (Wildman–Crippen LogP) is 3.76. The fraction of sp³-hybridized carbons (Fsp3) is 0.286. The zero-order valence-corrected chi connectivity index (χ0v) is 15.2. The first-order valence-electron chi connectivity index (χ1n) is 8.89. The van der Waals surface area contributed by atoms with Crippen LogP contribution >= 0.6 is 0 Å². The van der Waals surface area contributed by atoms with Crippen LogP contribution in [-0.2, 0) is 4.74 Å². The van der Waals surface area contributed by atoms with E-state index in [1.165, 1.54) is 0 Å². The first-order valence-corrected chi connectivity index (χ1v) is 8.89. The molecule has 0 aliphatic carbocycles.